The van der Waals surface area contributed by atoms with Gasteiger partial charge in [0.25, 0.3) is 0 Å². The Kier molecular flexibility index (Phi) is 10.8. The smallest absolute Gasteiger partial charge is 0.0549 e. The summed E-state index contributed by atoms with van der Waals surface area (Å²) >= 11 is 0. The van der Waals surface area contributed by atoms with Gasteiger partial charge in [-0.15, -0.1) is 0 Å². The van der Waals surface area contributed by atoms with Gasteiger partial charge >= 0.3 is 0 Å². The van der Waals surface area contributed by atoms with Crippen molar-refractivity contribution in [3.8, 4) is 0 Å². The van der Waals surface area contributed by atoms with Gasteiger partial charge < -0.3 is 0 Å². The van der Waals surface area contributed by atoms with Crippen molar-refractivity contribution in [2.45, 2.75) is 76.0 Å². The Bertz CT molecular complexity index is 477. The van der Waals surface area contributed by atoms with Crippen molar-refractivity contribution in [2.75, 3.05) is 11.5 Å². The van der Waals surface area contributed by atoms with E-state index in [1.54, 1.807) is 0 Å². The molecule has 24 heavy (non-hydrogen) atoms. The molecule has 0 aromatic heterocycles. The van der Waals surface area contributed by atoms with Crippen LogP contribution in [0.1, 0.15) is 66.2 Å². The molecule has 138 valence electrons. The first kappa shape index (κ1) is 21.6. The summed E-state index contributed by atoms with van der Waals surface area (Å²) in [6, 6.07) is 7.58. The summed E-state index contributed by atoms with van der Waals surface area (Å²) in [5, 5.41) is 0. The van der Waals surface area contributed by atoms with Crippen molar-refractivity contribution >= 4 is 21.6 Å². The van der Waals surface area contributed by atoms with E-state index < -0.39 is 21.6 Å². The van der Waals surface area contributed by atoms with Gasteiger partial charge in [-0.2, -0.15) is 0 Å². The first-order valence-corrected chi connectivity index (χ1v) is 11.9. The number of unbranched alkanes of at least 4 members (excludes halogenated alkanes) is 2. The fourth-order valence-corrected chi connectivity index (χ4v) is 5.59. The van der Waals surface area contributed by atoms with Crippen LogP contribution in [0.25, 0.3) is 0 Å². The van der Waals surface area contributed by atoms with Crippen LogP contribution in [-0.4, -0.2) is 19.9 Å². The molecule has 1 aromatic rings. The standard InChI is InChI=1S/C20H34O2S2/c1-17(2)11-7-9-15-23(21)19-13-5-6-14-20(19)24(22)16-10-8-12-18(3)4/h5-6,13-14,17-18H,7-12,15-16H2,1-4H3. The summed E-state index contributed by atoms with van der Waals surface area (Å²) in [6.07, 6.45) is 6.54. The zero-order valence-electron chi connectivity index (χ0n) is 15.8. The van der Waals surface area contributed by atoms with E-state index >= 15 is 0 Å². The highest BCUT2D eigenvalue weighted by atomic mass is 32.2. The van der Waals surface area contributed by atoms with Crippen LogP contribution >= 0.6 is 0 Å². The quantitative estimate of drug-likeness (QED) is 0.452. The highest BCUT2D eigenvalue weighted by molar-refractivity contribution is 7.88. The molecule has 2 nitrogen and oxygen atoms in total. The monoisotopic (exact) mass is 370 g/mol. The Labute approximate surface area is 153 Å². The average molecular weight is 371 g/mol. The lowest BCUT2D eigenvalue weighted by Gasteiger charge is -2.10. The zero-order valence-corrected chi connectivity index (χ0v) is 17.4. The topological polar surface area (TPSA) is 34.1 Å². The van der Waals surface area contributed by atoms with E-state index in [0.717, 1.165) is 35.5 Å². The molecule has 0 fully saturated rings. The van der Waals surface area contributed by atoms with Crippen LogP contribution in [-0.2, 0) is 21.6 Å². The molecular weight excluding hydrogens is 336 g/mol. The molecule has 0 aliphatic rings. The molecule has 0 aliphatic heterocycles. The van der Waals surface area contributed by atoms with Crippen LogP contribution in [0.5, 0.6) is 0 Å². The zero-order chi connectivity index (χ0) is 17.9. The normalized spacial score (nSPS) is 14.2. The maximum Gasteiger partial charge on any atom is 0.0549 e. The summed E-state index contributed by atoms with van der Waals surface area (Å²) in [5.74, 6) is 2.75. The second-order valence-corrected chi connectivity index (χ2v) is 10.4. The minimum absolute atomic E-state index is 0.675. The van der Waals surface area contributed by atoms with E-state index in [0.29, 0.717) is 23.3 Å². The first-order chi connectivity index (χ1) is 11.4. The van der Waals surface area contributed by atoms with Gasteiger partial charge in [0.1, 0.15) is 0 Å². The van der Waals surface area contributed by atoms with E-state index in [1.807, 2.05) is 24.3 Å². The summed E-state index contributed by atoms with van der Waals surface area (Å²) in [5.41, 5.74) is 0. The second kappa shape index (κ2) is 12.0. The Morgan fingerprint density at radius 1 is 0.708 bits per heavy atom. The molecule has 2 unspecified atom stereocenters. The Morgan fingerprint density at radius 3 is 1.42 bits per heavy atom. The molecule has 0 aliphatic carbocycles. The predicted molar refractivity (Wildman–Crippen MR) is 106 cm³/mol. The molecule has 4 heteroatoms. The summed E-state index contributed by atoms with van der Waals surface area (Å²) in [6.45, 7) is 8.87. The SMILES string of the molecule is CC(C)CCCCS(=O)c1ccccc1S(=O)CCCCC(C)C. The molecule has 0 N–H and O–H groups in total. The highest BCUT2D eigenvalue weighted by Gasteiger charge is 2.14. The highest BCUT2D eigenvalue weighted by Crippen LogP contribution is 2.20. The van der Waals surface area contributed by atoms with Crippen molar-refractivity contribution in [1.82, 2.24) is 0 Å². The van der Waals surface area contributed by atoms with Crippen molar-refractivity contribution in [2.24, 2.45) is 11.8 Å². The largest absolute Gasteiger partial charge is 0.254 e. The van der Waals surface area contributed by atoms with E-state index in [2.05, 4.69) is 27.7 Å². The summed E-state index contributed by atoms with van der Waals surface area (Å²) < 4.78 is 25.2. The van der Waals surface area contributed by atoms with Gasteiger partial charge in [0.2, 0.25) is 0 Å². The third kappa shape index (κ3) is 8.57. The van der Waals surface area contributed by atoms with Crippen LogP contribution in [0.2, 0.25) is 0 Å². The van der Waals surface area contributed by atoms with Crippen LogP contribution in [0.4, 0.5) is 0 Å². The minimum Gasteiger partial charge on any atom is -0.254 e. The van der Waals surface area contributed by atoms with E-state index in [1.165, 1.54) is 12.8 Å². The summed E-state index contributed by atoms with van der Waals surface area (Å²) in [7, 11) is -2.08. The van der Waals surface area contributed by atoms with Crippen molar-refractivity contribution in [3.63, 3.8) is 0 Å². The fraction of sp³-hybridized carbons (Fsp3) is 0.700. The van der Waals surface area contributed by atoms with E-state index in [-0.39, 0.29) is 0 Å². The second-order valence-electron chi connectivity index (χ2n) is 7.33. The molecule has 0 saturated carbocycles. The van der Waals surface area contributed by atoms with Crippen molar-refractivity contribution in [1.29, 1.82) is 0 Å². The minimum atomic E-state index is -1.04. The fourth-order valence-electron chi connectivity index (χ4n) is 2.62. The van der Waals surface area contributed by atoms with Gasteiger partial charge in [0.15, 0.2) is 0 Å². The Hall–Kier alpha value is -0.480. The number of benzene rings is 1. The predicted octanol–water partition coefficient (Wildman–Crippen LogP) is 5.55. The first-order valence-electron chi connectivity index (χ1n) is 9.27. The van der Waals surface area contributed by atoms with Crippen molar-refractivity contribution in [3.05, 3.63) is 24.3 Å². The van der Waals surface area contributed by atoms with Crippen molar-refractivity contribution < 1.29 is 8.42 Å². The lowest BCUT2D eigenvalue weighted by Crippen LogP contribution is -2.06. The maximum atomic E-state index is 12.6. The van der Waals surface area contributed by atoms with Gasteiger partial charge in [-0.3, -0.25) is 8.42 Å². The molecule has 0 heterocycles. The van der Waals surface area contributed by atoms with Crippen LogP contribution in [0.15, 0.2) is 34.1 Å². The van der Waals surface area contributed by atoms with Crippen LogP contribution in [0.3, 0.4) is 0 Å². The molecule has 0 bridgehead atoms. The third-order valence-electron chi connectivity index (χ3n) is 4.06. The summed E-state index contributed by atoms with van der Waals surface area (Å²) in [4.78, 5) is 1.56. The molecule has 0 amide bonds. The van der Waals surface area contributed by atoms with Gasteiger partial charge in [0, 0.05) is 11.5 Å². The van der Waals surface area contributed by atoms with Gasteiger partial charge in [-0.1, -0.05) is 65.5 Å². The number of hydrogen-bond acceptors (Lipinski definition) is 2. The molecule has 0 spiro atoms. The van der Waals surface area contributed by atoms with E-state index in [9.17, 15) is 8.42 Å². The van der Waals surface area contributed by atoms with Gasteiger partial charge in [0.05, 0.1) is 31.4 Å². The molecular formula is C20H34O2S2. The molecule has 0 radical (unpaired) electrons. The van der Waals surface area contributed by atoms with Crippen LogP contribution < -0.4 is 0 Å². The van der Waals surface area contributed by atoms with Gasteiger partial charge in [-0.05, 0) is 36.8 Å². The molecule has 2 atom stereocenters. The lowest BCUT2D eigenvalue weighted by molar-refractivity contribution is 0.549. The van der Waals surface area contributed by atoms with E-state index in [4.69, 9.17) is 0 Å². The third-order valence-corrected chi connectivity index (χ3v) is 7.20. The molecule has 0 saturated heterocycles. The Balaban J connectivity index is 2.56. The number of hydrogen-bond donors (Lipinski definition) is 0. The lowest BCUT2D eigenvalue weighted by atomic mass is 10.1. The maximum absolute atomic E-state index is 12.6. The number of rotatable bonds is 12. The Morgan fingerprint density at radius 2 is 1.08 bits per heavy atom. The van der Waals surface area contributed by atoms with Gasteiger partial charge in [-0.25, -0.2) is 0 Å². The average Bonchev–Trinajstić information content (AvgIpc) is 2.54. The molecule has 1 aromatic carbocycles. The molecule has 1 rings (SSSR count). The van der Waals surface area contributed by atoms with Crippen LogP contribution in [0, 0.1) is 11.8 Å².